The predicted molar refractivity (Wildman–Crippen MR) is 81.3 cm³/mol. The quantitative estimate of drug-likeness (QED) is 0.863. The van der Waals surface area contributed by atoms with Crippen molar-refractivity contribution in [3.8, 4) is 0 Å². The van der Waals surface area contributed by atoms with Gasteiger partial charge >= 0.3 is 0 Å². The predicted octanol–water partition coefficient (Wildman–Crippen LogP) is 1.53. The number of amides is 1. The number of hydrogen-bond donors (Lipinski definition) is 1. The van der Waals surface area contributed by atoms with Gasteiger partial charge in [0.1, 0.15) is 0 Å². The highest BCUT2D eigenvalue weighted by atomic mass is 32.1. The highest BCUT2D eigenvalue weighted by Crippen LogP contribution is 2.23. The number of anilines is 1. The van der Waals surface area contributed by atoms with E-state index in [1.54, 1.807) is 0 Å². The van der Waals surface area contributed by atoms with Crippen molar-refractivity contribution in [2.24, 2.45) is 0 Å². The number of likely N-dealkylation sites (N-methyl/N-ethyl adjacent to an activating group) is 1. The van der Waals surface area contributed by atoms with Crippen molar-refractivity contribution in [1.29, 1.82) is 0 Å². The van der Waals surface area contributed by atoms with Gasteiger partial charge < -0.3 is 15.1 Å². The SMILES string of the molecule is CCCNc1nnc(C(=O)N2CCCC2CN(C)C)s1. The van der Waals surface area contributed by atoms with Crippen LogP contribution in [0.4, 0.5) is 5.13 Å². The lowest BCUT2D eigenvalue weighted by molar-refractivity contribution is 0.0715. The van der Waals surface area contributed by atoms with Gasteiger partial charge in [0, 0.05) is 25.7 Å². The summed E-state index contributed by atoms with van der Waals surface area (Å²) in [5.74, 6) is 0.0244. The van der Waals surface area contributed by atoms with E-state index in [1.807, 2.05) is 19.0 Å². The fourth-order valence-corrected chi connectivity index (χ4v) is 3.18. The maximum atomic E-state index is 12.5. The molecule has 7 heteroatoms. The Morgan fingerprint density at radius 2 is 2.30 bits per heavy atom. The normalized spacial score (nSPS) is 18.8. The first-order chi connectivity index (χ1) is 9.61. The van der Waals surface area contributed by atoms with Gasteiger partial charge in [-0.1, -0.05) is 18.3 Å². The third-order valence-corrected chi connectivity index (χ3v) is 4.22. The number of likely N-dealkylation sites (tertiary alicyclic amines) is 1. The third-order valence-electron chi connectivity index (χ3n) is 3.35. The second-order valence-electron chi connectivity index (χ2n) is 5.40. The van der Waals surface area contributed by atoms with Crippen molar-refractivity contribution in [2.45, 2.75) is 32.2 Å². The van der Waals surface area contributed by atoms with Crippen LogP contribution in [-0.4, -0.2) is 65.7 Å². The molecule has 1 aliphatic heterocycles. The van der Waals surface area contributed by atoms with Gasteiger partial charge in [-0.05, 0) is 33.4 Å². The topological polar surface area (TPSA) is 61.4 Å². The largest absolute Gasteiger partial charge is 0.360 e. The zero-order chi connectivity index (χ0) is 14.5. The van der Waals surface area contributed by atoms with E-state index in [-0.39, 0.29) is 5.91 Å². The lowest BCUT2D eigenvalue weighted by Gasteiger charge is -2.26. The van der Waals surface area contributed by atoms with Crippen LogP contribution in [0.1, 0.15) is 36.0 Å². The van der Waals surface area contributed by atoms with E-state index >= 15 is 0 Å². The molecule has 112 valence electrons. The van der Waals surface area contributed by atoms with Crippen LogP contribution in [0.25, 0.3) is 0 Å². The molecule has 0 saturated carbocycles. The van der Waals surface area contributed by atoms with Crippen LogP contribution in [0.2, 0.25) is 0 Å². The monoisotopic (exact) mass is 297 g/mol. The summed E-state index contributed by atoms with van der Waals surface area (Å²) >= 11 is 1.35. The first-order valence-electron chi connectivity index (χ1n) is 7.15. The summed E-state index contributed by atoms with van der Waals surface area (Å²) < 4.78 is 0. The average Bonchev–Trinajstić information content (AvgIpc) is 3.04. The van der Waals surface area contributed by atoms with Crippen molar-refractivity contribution in [3.05, 3.63) is 5.01 Å². The Morgan fingerprint density at radius 1 is 1.50 bits per heavy atom. The molecule has 0 radical (unpaired) electrons. The number of aromatic nitrogens is 2. The number of rotatable bonds is 6. The number of nitrogens with zero attached hydrogens (tertiary/aromatic N) is 4. The van der Waals surface area contributed by atoms with Crippen LogP contribution in [0, 0.1) is 0 Å². The Bertz CT molecular complexity index is 448. The van der Waals surface area contributed by atoms with Gasteiger partial charge in [-0.15, -0.1) is 10.2 Å². The van der Waals surface area contributed by atoms with Crippen LogP contribution in [0.5, 0.6) is 0 Å². The second kappa shape index (κ2) is 6.99. The summed E-state index contributed by atoms with van der Waals surface area (Å²) in [6, 6.07) is 0.299. The second-order valence-corrected chi connectivity index (χ2v) is 6.37. The zero-order valence-electron chi connectivity index (χ0n) is 12.4. The van der Waals surface area contributed by atoms with Gasteiger partial charge in [-0.3, -0.25) is 4.79 Å². The summed E-state index contributed by atoms with van der Waals surface area (Å²) in [5, 5.41) is 12.5. The minimum Gasteiger partial charge on any atom is -0.360 e. The van der Waals surface area contributed by atoms with E-state index in [2.05, 4.69) is 27.3 Å². The summed E-state index contributed by atoms with van der Waals surface area (Å²) in [6.07, 6.45) is 3.17. The van der Waals surface area contributed by atoms with Gasteiger partial charge in [-0.2, -0.15) is 0 Å². The van der Waals surface area contributed by atoms with E-state index in [1.165, 1.54) is 11.3 Å². The van der Waals surface area contributed by atoms with Crippen molar-refractivity contribution in [3.63, 3.8) is 0 Å². The summed E-state index contributed by atoms with van der Waals surface area (Å²) in [4.78, 5) is 16.6. The third kappa shape index (κ3) is 3.67. The van der Waals surface area contributed by atoms with Crippen molar-refractivity contribution in [1.82, 2.24) is 20.0 Å². The fourth-order valence-electron chi connectivity index (χ4n) is 2.45. The summed E-state index contributed by atoms with van der Waals surface area (Å²) in [6.45, 7) is 4.69. The summed E-state index contributed by atoms with van der Waals surface area (Å²) in [5.41, 5.74) is 0. The Labute approximate surface area is 124 Å². The molecule has 1 unspecified atom stereocenters. The molecule has 2 rings (SSSR count). The Kier molecular flexibility index (Phi) is 5.31. The molecular formula is C13H23N5OS. The van der Waals surface area contributed by atoms with Crippen molar-refractivity contribution in [2.75, 3.05) is 39.0 Å². The summed E-state index contributed by atoms with van der Waals surface area (Å²) in [7, 11) is 4.08. The maximum Gasteiger partial charge on any atom is 0.285 e. The number of hydrogen-bond acceptors (Lipinski definition) is 6. The lowest BCUT2D eigenvalue weighted by atomic mass is 10.2. The van der Waals surface area contributed by atoms with Crippen molar-refractivity contribution < 1.29 is 4.79 Å². The fraction of sp³-hybridized carbons (Fsp3) is 0.769. The molecule has 1 amide bonds. The Morgan fingerprint density at radius 3 is 3.00 bits per heavy atom. The number of carbonyl (C=O) groups excluding carboxylic acids is 1. The van der Waals surface area contributed by atoms with Gasteiger partial charge in [0.15, 0.2) is 0 Å². The molecule has 0 aliphatic carbocycles. The van der Waals surface area contributed by atoms with Crippen LogP contribution in [0.15, 0.2) is 0 Å². The molecule has 6 nitrogen and oxygen atoms in total. The maximum absolute atomic E-state index is 12.5. The standard InChI is InChI=1S/C13H23N5OS/c1-4-7-14-13-16-15-11(20-13)12(19)18-8-5-6-10(18)9-17(2)3/h10H,4-9H2,1-3H3,(H,14,16). The molecule has 1 aromatic rings. The molecule has 1 aromatic heterocycles. The average molecular weight is 297 g/mol. The molecular weight excluding hydrogens is 274 g/mol. The molecule has 1 atom stereocenters. The Balaban J connectivity index is 2.00. The first kappa shape index (κ1) is 15.2. The minimum absolute atomic E-state index is 0.0244. The van der Waals surface area contributed by atoms with E-state index in [9.17, 15) is 4.79 Å². The number of nitrogens with one attached hydrogen (secondary N) is 1. The van der Waals surface area contributed by atoms with Crippen LogP contribution in [0.3, 0.4) is 0 Å². The van der Waals surface area contributed by atoms with Crippen LogP contribution >= 0.6 is 11.3 Å². The van der Waals surface area contributed by atoms with E-state index < -0.39 is 0 Å². The molecule has 1 saturated heterocycles. The molecule has 1 N–H and O–H groups in total. The van der Waals surface area contributed by atoms with Gasteiger partial charge in [-0.25, -0.2) is 0 Å². The highest BCUT2D eigenvalue weighted by molar-refractivity contribution is 7.17. The van der Waals surface area contributed by atoms with E-state index in [0.717, 1.165) is 44.0 Å². The van der Waals surface area contributed by atoms with Gasteiger partial charge in [0.05, 0.1) is 0 Å². The molecule has 0 spiro atoms. The molecule has 20 heavy (non-hydrogen) atoms. The van der Waals surface area contributed by atoms with Gasteiger partial charge in [0.2, 0.25) is 10.1 Å². The van der Waals surface area contributed by atoms with Gasteiger partial charge in [0.25, 0.3) is 5.91 Å². The van der Waals surface area contributed by atoms with Crippen molar-refractivity contribution >= 4 is 22.4 Å². The smallest absolute Gasteiger partial charge is 0.285 e. The molecule has 1 aliphatic rings. The first-order valence-corrected chi connectivity index (χ1v) is 7.96. The lowest BCUT2D eigenvalue weighted by Crippen LogP contribution is -2.41. The van der Waals surface area contributed by atoms with Crippen LogP contribution < -0.4 is 5.32 Å². The van der Waals surface area contributed by atoms with E-state index in [4.69, 9.17) is 0 Å². The van der Waals surface area contributed by atoms with E-state index in [0.29, 0.717) is 11.0 Å². The Hall–Kier alpha value is -1.21. The van der Waals surface area contributed by atoms with Crippen LogP contribution in [-0.2, 0) is 0 Å². The molecule has 0 bridgehead atoms. The molecule has 2 heterocycles. The molecule has 1 fully saturated rings. The number of carbonyl (C=O) groups is 1. The minimum atomic E-state index is 0.0244. The highest BCUT2D eigenvalue weighted by Gasteiger charge is 2.31. The zero-order valence-corrected chi connectivity index (χ0v) is 13.2. The molecule has 0 aromatic carbocycles.